The third-order valence-electron chi connectivity index (χ3n) is 3.45. The van der Waals surface area contributed by atoms with E-state index in [1.165, 1.54) is 32.0 Å². The number of amides is 1. The SMILES string of the molecule is CC(NC(=O)CC(C)(C)C(=O)O)c1nc(-c2cccc(F)c2)no1. The first-order valence-corrected chi connectivity index (χ1v) is 7.31. The van der Waals surface area contributed by atoms with E-state index in [1.807, 2.05) is 0 Å². The number of carboxylic acids is 1. The van der Waals surface area contributed by atoms with Gasteiger partial charge in [-0.15, -0.1) is 0 Å². The number of carboxylic acid groups (broad SMARTS) is 1. The van der Waals surface area contributed by atoms with Crippen molar-refractivity contribution in [3.63, 3.8) is 0 Å². The summed E-state index contributed by atoms with van der Waals surface area (Å²) in [5.41, 5.74) is -0.721. The number of benzene rings is 1. The Morgan fingerprint density at radius 1 is 1.42 bits per heavy atom. The van der Waals surface area contributed by atoms with Gasteiger partial charge in [0.1, 0.15) is 11.9 Å². The average molecular weight is 335 g/mol. The fourth-order valence-corrected chi connectivity index (χ4v) is 1.99. The van der Waals surface area contributed by atoms with Gasteiger partial charge in [-0.3, -0.25) is 9.59 Å². The van der Waals surface area contributed by atoms with Gasteiger partial charge in [-0.2, -0.15) is 4.98 Å². The van der Waals surface area contributed by atoms with Crippen molar-refractivity contribution in [3.8, 4) is 11.4 Å². The van der Waals surface area contributed by atoms with E-state index in [4.69, 9.17) is 9.63 Å². The first-order chi connectivity index (χ1) is 11.2. The molecule has 1 amide bonds. The van der Waals surface area contributed by atoms with Crippen molar-refractivity contribution in [2.45, 2.75) is 33.2 Å². The van der Waals surface area contributed by atoms with Crippen LogP contribution in [0.25, 0.3) is 11.4 Å². The molecule has 1 heterocycles. The number of aliphatic carboxylic acids is 1. The maximum atomic E-state index is 13.2. The van der Waals surface area contributed by atoms with Gasteiger partial charge in [-0.05, 0) is 32.9 Å². The van der Waals surface area contributed by atoms with E-state index in [0.717, 1.165) is 0 Å². The summed E-state index contributed by atoms with van der Waals surface area (Å²) in [4.78, 5) is 27.1. The Kier molecular flexibility index (Phi) is 4.96. The van der Waals surface area contributed by atoms with Crippen molar-refractivity contribution >= 4 is 11.9 Å². The zero-order valence-electron chi connectivity index (χ0n) is 13.5. The predicted molar refractivity (Wildman–Crippen MR) is 82.3 cm³/mol. The maximum absolute atomic E-state index is 13.2. The molecule has 0 saturated heterocycles. The molecule has 2 rings (SSSR count). The first-order valence-electron chi connectivity index (χ1n) is 7.31. The van der Waals surface area contributed by atoms with Crippen LogP contribution in [0.1, 0.15) is 39.1 Å². The molecular formula is C16H18FN3O4. The number of nitrogens with one attached hydrogen (secondary N) is 1. The monoisotopic (exact) mass is 335 g/mol. The highest BCUT2D eigenvalue weighted by Gasteiger charge is 2.31. The second-order valence-electron chi connectivity index (χ2n) is 6.12. The molecule has 1 aromatic carbocycles. The fraction of sp³-hybridized carbons (Fsp3) is 0.375. The topological polar surface area (TPSA) is 105 Å². The molecule has 0 fully saturated rings. The van der Waals surface area contributed by atoms with E-state index in [2.05, 4.69) is 15.5 Å². The van der Waals surface area contributed by atoms with Crippen LogP contribution in [0.15, 0.2) is 28.8 Å². The molecule has 7 nitrogen and oxygen atoms in total. The molecule has 0 aliphatic heterocycles. The minimum Gasteiger partial charge on any atom is -0.481 e. The van der Waals surface area contributed by atoms with Gasteiger partial charge in [-0.25, -0.2) is 4.39 Å². The van der Waals surface area contributed by atoms with Crippen LogP contribution < -0.4 is 5.32 Å². The lowest BCUT2D eigenvalue weighted by Gasteiger charge is -2.19. The Morgan fingerprint density at radius 3 is 2.75 bits per heavy atom. The third-order valence-corrected chi connectivity index (χ3v) is 3.45. The first kappa shape index (κ1) is 17.6. The van der Waals surface area contributed by atoms with Crippen LogP contribution in [0.5, 0.6) is 0 Å². The lowest BCUT2D eigenvalue weighted by atomic mass is 9.89. The number of aromatic nitrogens is 2. The average Bonchev–Trinajstić information content (AvgIpc) is 2.96. The largest absolute Gasteiger partial charge is 0.481 e. The standard InChI is InChI=1S/C16H18FN3O4/c1-9(18-12(21)8-16(2,3)15(22)23)14-19-13(20-24-14)10-5-4-6-11(17)7-10/h4-7,9H,8H2,1-3H3,(H,18,21)(H,22,23). The van der Waals surface area contributed by atoms with Crippen molar-refractivity contribution in [2.75, 3.05) is 0 Å². The van der Waals surface area contributed by atoms with E-state index in [0.29, 0.717) is 5.56 Å². The molecule has 0 bridgehead atoms. The van der Waals surface area contributed by atoms with Crippen LogP contribution in [0.4, 0.5) is 4.39 Å². The van der Waals surface area contributed by atoms with Crippen molar-refractivity contribution in [3.05, 3.63) is 36.0 Å². The number of hydrogen-bond donors (Lipinski definition) is 2. The van der Waals surface area contributed by atoms with Crippen LogP contribution in [0, 0.1) is 11.2 Å². The molecule has 2 N–H and O–H groups in total. The van der Waals surface area contributed by atoms with Gasteiger partial charge in [0, 0.05) is 12.0 Å². The van der Waals surface area contributed by atoms with Gasteiger partial charge in [-0.1, -0.05) is 17.3 Å². The lowest BCUT2D eigenvalue weighted by molar-refractivity contribution is -0.149. The van der Waals surface area contributed by atoms with Crippen LogP contribution in [0.2, 0.25) is 0 Å². The number of halogens is 1. The Hall–Kier alpha value is -2.77. The van der Waals surface area contributed by atoms with Crippen LogP contribution in [-0.4, -0.2) is 27.1 Å². The molecule has 0 aliphatic rings. The number of carbonyl (C=O) groups is 2. The van der Waals surface area contributed by atoms with Crippen LogP contribution in [-0.2, 0) is 9.59 Å². The van der Waals surface area contributed by atoms with Crippen molar-refractivity contribution in [1.82, 2.24) is 15.5 Å². The third kappa shape index (κ3) is 4.15. The summed E-state index contributed by atoms with van der Waals surface area (Å²) < 4.78 is 18.3. The molecular weight excluding hydrogens is 317 g/mol. The molecule has 1 atom stereocenters. The maximum Gasteiger partial charge on any atom is 0.309 e. The summed E-state index contributed by atoms with van der Waals surface area (Å²) in [7, 11) is 0. The highest BCUT2D eigenvalue weighted by atomic mass is 19.1. The van der Waals surface area contributed by atoms with E-state index in [9.17, 15) is 14.0 Å². The van der Waals surface area contributed by atoms with Crippen LogP contribution >= 0.6 is 0 Å². The fourth-order valence-electron chi connectivity index (χ4n) is 1.99. The van der Waals surface area contributed by atoms with Crippen molar-refractivity contribution < 1.29 is 23.6 Å². The smallest absolute Gasteiger partial charge is 0.309 e. The summed E-state index contributed by atoms with van der Waals surface area (Å²) in [5.74, 6) is -1.57. The number of carbonyl (C=O) groups excluding carboxylic acids is 1. The quantitative estimate of drug-likeness (QED) is 0.840. The molecule has 0 aliphatic carbocycles. The number of nitrogens with zero attached hydrogens (tertiary/aromatic N) is 2. The van der Waals surface area contributed by atoms with E-state index in [1.54, 1.807) is 13.0 Å². The molecule has 8 heteroatoms. The molecule has 1 aromatic heterocycles. The van der Waals surface area contributed by atoms with Gasteiger partial charge in [0.05, 0.1) is 5.41 Å². The van der Waals surface area contributed by atoms with Gasteiger partial charge in [0.2, 0.25) is 17.6 Å². The second kappa shape index (κ2) is 6.77. The summed E-state index contributed by atoms with van der Waals surface area (Å²) >= 11 is 0. The molecule has 0 spiro atoms. The second-order valence-corrected chi connectivity index (χ2v) is 6.12. The van der Waals surface area contributed by atoms with Crippen molar-refractivity contribution in [1.29, 1.82) is 0 Å². The van der Waals surface area contributed by atoms with E-state index in [-0.39, 0.29) is 18.1 Å². The number of hydrogen-bond acceptors (Lipinski definition) is 5. The zero-order valence-corrected chi connectivity index (χ0v) is 13.5. The Bertz CT molecular complexity index is 757. The highest BCUT2D eigenvalue weighted by molar-refractivity contribution is 5.84. The summed E-state index contributed by atoms with van der Waals surface area (Å²) in [6.45, 7) is 4.57. The molecule has 1 unspecified atom stereocenters. The Balaban J connectivity index is 2.05. The van der Waals surface area contributed by atoms with Gasteiger partial charge in [0.25, 0.3) is 0 Å². The molecule has 24 heavy (non-hydrogen) atoms. The minimum absolute atomic E-state index is 0.149. The summed E-state index contributed by atoms with van der Waals surface area (Å²) in [6.07, 6.45) is -0.183. The zero-order chi connectivity index (χ0) is 17.9. The molecule has 0 saturated carbocycles. The molecule has 128 valence electrons. The normalized spacial score (nSPS) is 12.7. The van der Waals surface area contributed by atoms with Crippen LogP contribution in [0.3, 0.4) is 0 Å². The summed E-state index contributed by atoms with van der Waals surface area (Å²) in [5, 5.41) is 15.4. The van der Waals surface area contributed by atoms with E-state index >= 15 is 0 Å². The summed E-state index contributed by atoms with van der Waals surface area (Å²) in [6, 6.07) is 5.14. The van der Waals surface area contributed by atoms with Crippen molar-refractivity contribution in [2.24, 2.45) is 5.41 Å². The minimum atomic E-state index is -1.18. The molecule has 2 aromatic rings. The number of rotatable bonds is 6. The molecule has 0 radical (unpaired) electrons. The predicted octanol–water partition coefficient (Wildman–Crippen LogP) is 2.55. The lowest BCUT2D eigenvalue weighted by Crippen LogP contribution is -2.34. The van der Waals surface area contributed by atoms with Gasteiger partial charge in [0.15, 0.2) is 0 Å². The van der Waals surface area contributed by atoms with Gasteiger partial charge >= 0.3 is 5.97 Å². The highest BCUT2D eigenvalue weighted by Crippen LogP contribution is 2.22. The Morgan fingerprint density at radius 2 is 2.12 bits per heavy atom. The Labute approximate surface area is 137 Å². The van der Waals surface area contributed by atoms with E-state index < -0.39 is 29.2 Å². The van der Waals surface area contributed by atoms with Gasteiger partial charge < -0.3 is 14.9 Å².